The van der Waals surface area contributed by atoms with Gasteiger partial charge in [-0.25, -0.2) is 0 Å². The first kappa shape index (κ1) is 20.8. The fourth-order valence-corrected chi connectivity index (χ4v) is 2.39. The van der Waals surface area contributed by atoms with Gasteiger partial charge in [0.1, 0.15) is 6.04 Å². The lowest BCUT2D eigenvalue weighted by atomic mass is 10.1. The predicted octanol–water partition coefficient (Wildman–Crippen LogP) is 4.22. The molecule has 0 radical (unpaired) electrons. The molecule has 3 aromatic rings. The molecule has 0 saturated heterocycles. The van der Waals surface area contributed by atoms with Gasteiger partial charge in [-0.05, 0) is 23.6 Å². The predicted molar refractivity (Wildman–Crippen MR) is 112 cm³/mol. The number of carboxylic acid groups (broad SMARTS) is 1. The highest BCUT2D eigenvalue weighted by atomic mass is 16.4. The number of ketones is 1. The monoisotopic (exact) mass is 373 g/mol. The Hall–Kier alpha value is -3.50. The fourth-order valence-electron chi connectivity index (χ4n) is 2.39. The molecule has 3 aromatic carbocycles. The summed E-state index contributed by atoms with van der Waals surface area (Å²) in [6.07, 6.45) is 3.82. The first-order chi connectivity index (χ1) is 13.6. The van der Waals surface area contributed by atoms with E-state index < -0.39 is 12.0 Å². The zero-order chi connectivity index (χ0) is 20.2. The van der Waals surface area contributed by atoms with Crippen LogP contribution in [0.3, 0.4) is 0 Å². The van der Waals surface area contributed by atoms with Crippen molar-refractivity contribution in [1.82, 2.24) is 0 Å². The molecule has 28 heavy (non-hydrogen) atoms. The highest BCUT2D eigenvalue weighted by Gasteiger charge is 2.10. The van der Waals surface area contributed by atoms with Crippen LogP contribution in [0.25, 0.3) is 6.08 Å². The van der Waals surface area contributed by atoms with E-state index in [1.165, 1.54) is 0 Å². The maximum atomic E-state index is 11.7. The molecule has 0 spiro atoms. The number of rotatable bonds is 6. The summed E-state index contributed by atoms with van der Waals surface area (Å²) in [5, 5.41) is 8.52. The Morgan fingerprint density at radius 1 is 0.821 bits per heavy atom. The Morgan fingerprint density at radius 2 is 1.32 bits per heavy atom. The Morgan fingerprint density at radius 3 is 1.86 bits per heavy atom. The molecule has 0 aromatic heterocycles. The van der Waals surface area contributed by atoms with E-state index in [2.05, 4.69) is 0 Å². The average molecular weight is 373 g/mol. The number of nitrogens with two attached hydrogens (primary N) is 1. The molecule has 4 heteroatoms. The van der Waals surface area contributed by atoms with Gasteiger partial charge in [0, 0.05) is 5.56 Å². The normalized spacial score (nSPS) is 11.3. The summed E-state index contributed by atoms with van der Waals surface area (Å²) in [4.78, 5) is 22.1. The minimum atomic E-state index is -0.959. The molecule has 0 saturated carbocycles. The zero-order valence-electron chi connectivity index (χ0n) is 15.4. The summed E-state index contributed by atoms with van der Waals surface area (Å²) in [6, 6.07) is 27.6. The van der Waals surface area contributed by atoms with Crippen LogP contribution in [0.5, 0.6) is 0 Å². The molecule has 1 unspecified atom stereocenters. The van der Waals surface area contributed by atoms with Crippen molar-refractivity contribution in [1.29, 1.82) is 0 Å². The van der Waals surface area contributed by atoms with Gasteiger partial charge in [0.15, 0.2) is 5.78 Å². The number of benzene rings is 3. The lowest BCUT2D eigenvalue weighted by Gasteiger charge is -2.04. The van der Waals surface area contributed by atoms with E-state index in [0.717, 1.165) is 16.7 Å². The molecule has 1 atom stereocenters. The van der Waals surface area contributed by atoms with E-state index in [-0.39, 0.29) is 5.78 Å². The minimum Gasteiger partial charge on any atom is -0.480 e. The van der Waals surface area contributed by atoms with Gasteiger partial charge in [0.25, 0.3) is 0 Å². The first-order valence-corrected chi connectivity index (χ1v) is 8.91. The number of carbonyl (C=O) groups is 2. The van der Waals surface area contributed by atoms with Gasteiger partial charge < -0.3 is 10.8 Å². The summed E-state index contributed by atoms with van der Waals surface area (Å²) in [7, 11) is 0. The maximum absolute atomic E-state index is 11.7. The number of aliphatic carboxylic acids is 1. The maximum Gasteiger partial charge on any atom is 0.320 e. The Bertz CT molecular complexity index is 891. The number of hydrogen-bond donors (Lipinski definition) is 2. The van der Waals surface area contributed by atoms with Crippen LogP contribution < -0.4 is 5.73 Å². The molecule has 3 rings (SSSR count). The van der Waals surface area contributed by atoms with Crippen molar-refractivity contribution in [3.63, 3.8) is 0 Å². The van der Waals surface area contributed by atoms with Crippen LogP contribution in [0.2, 0.25) is 0 Å². The van der Waals surface area contributed by atoms with E-state index in [1.807, 2.05) is 97.1 Å². The van der Waals surface area contributed by atoms with Crippen molar-refractivity contribution in [2.75, 3.05) is 0 Å². The second-order valence-corrected chi connectivity index (χ2v) is 6.11. The van der Waals surface area contributed by atoms with E-state index >= 15 is 0 Å². The van der Waals surface area contributed by atoms with Crippen molar-refractivity contribution in [3.05, 3.63) is 114 Å². The summed E-state index contributed by atoms with van der Waals surface area (Å²) >= 11 is 0. The molecule has 3 N–H and O–H groups in total. The van der Waals surface area contributed by atoms with Gasteiger partial charge in [-0.15, -0.1) is 0 Å². The molecule has 0 amide bonds. The lowest BCUT2D eigenvalue weighted by Crippen LogP contribution is -2.32. The molecule has 0 aliphatic rings. The van der Waals surface area contributed by atoms with Crippen LogP contribution >= 0.6 is 0 Å². The van der Waals surface area contributed by atoms with E-state index in [9.17, 15) is 9.59 Å². The molecule has 0 bridgehead atoms. The van der Waals surface area contributed by atoms with Crippen LogP contribution in [0.15, 0.2) is 97.1 Å². The van der Waals surface area contributed by atoms with Crippen LogP contribution in [0.4, 0.5) is 0 Å². The number of carbonyl (C=O) groups excluding carboxylic acids is 1. The number of carboxylic acids is 1. The average Bonchev–Trinajstić information content (AvgIpc) is 2.74. The van der Waals surface area contributed by atoms with Gasteiger partial charge in [-0.1, -0.05) is 97.1 Å². The number of allylic oxidation sites excluding steroid dienone is 1. The van der Waals surface area contributed by atoms with E-state index in [0.29, 0.717) is 6.42 Å². The standard InChI is InChI=1S/C15H12O.C9H11NO2/c16-15(14-9-5-2-6-10-14)12-11-13-7-3-1-4-8-13;10-8(9(11)12)6-7-4-2-1-3-5-7/h1-12H;1-5,8H,6,10H2,(H,11,12)/b12-11+;. The van der Waals surface area contributed by atoms with E-state index in [4.69, 9.17) is 10.8 Å². The Labute approximate surface area is 165 Å². The third kappa shape index (κ3) is 7.40. The van der Waals surface area contributed by atoms with Crippen LogP contribution in [0, 0.1) is 0 Å². The molecular formula is C24H23NO3. The van der Waals surface area contributed by atoms with Crippen molar-refractivity contribution in [3.8, 4) is 0 Å². The zero-order valence-corrected chi connectivity index (χ0v) is 15.4. The van der Waals surface area contributed by atoms with Crippen molar-refractivity contribution in [2.45, 2.75) is 12.5 Å². The molecule has 0 aliphatic carbocycles. The minimum absolute atomic E-state index is 0.0319. The van der Waals surface area contributed by atoms with Crippen molar-refractivity contribution < 1.29 is 14.7 Å². The van der Waals surface area contributed by atoms with Gasteiger partial charge in [0.05, 0.1) is 0 Å². The van der Waals surface area contributed by atoms with Gasteiger partial charge in [-0.3, -0.25) is 9.59 Å². The Balaban J connectivity index is 0.000000209. The SMILES string of the molecule is NC(Cc1ccccc1)C(=O)O.O=C(/C=C/c1ccccc1)c1ccccc1. The van der Waals surface area contributed by atoms with Crippen molar-refractivity contribution >= 4 is 17.8 Å². The summed E-state index contributed by atoms with van der Waals surface area (Å²) < 4.78 is 0. The highest BCUT2D eigenvalue weighted by Crippen LogP contribution is 2.05. The molecular weight excluding hydrogens is 350 g/mol. The summed E-state index contributed by atoms with van der Waals surface area (Å²) in [5.74, 6) is -0.927. The molecule has 4 nitrogen and oxygen atoms in total. The second-order valence-electron chi connectivity index (χ2n) is 6.11. The molecule has 0 fully saturated rings. The topological polar surface area (TPSA) is 80.4 Å². The Kier molecular flexibility index (Phi) is 8.37. The molecule has 0 heterocycles. The van der Waals surface area contributed by atoms with Gasteiger partial charge in [-0.2, -0.15) is 0 Å². The van der Waals surface area contributed by atoms with Crippen LogP contribution in [-0.2, 0) is 11.2 Å². The van der Waals surface area contributed by atoms with Crippen LogP contribution in [0.1, 0.15) is 21.5 Å². The van der Waals surface area contributed by atoms with Gasteiger partial charge >= 0.3 is 5.97 Å². The quantitative estimate of drug-likeness (QED) is 0.501. The summed E-state index contributed by atoms with van der Waals surface area (Å²) in [6.45, 7) is 0. The largest absolute Gasteiger partial charge is 0.480 e. The first-order valence-electron chi connectivity index (χ1n) is 8.91. The third-order valence-electron chi connectivity index (χ3n) is 3.90. The summed E-state index contributed by atoms with van der Waals surface area (Å²) in [5.41, 5.74) is 8.05. The van der Waals surface area contributed by atoms with Crippen LogP contribution in [-0.4, -0.2) is 22.9 Å². The second kappa shape index (κ2) is 11.3. The number of hydrogen-bond acceptors (Lipinski definition) is 3. The highest BCUT2D eigenvalue weighted by molar-refractivity contribution is 6.06. The molecule has 142 valence electrons. The lowest BCUT2D eigenvalue weighted by molar-refractivity contribution is -0.138. The van der Waals surface area contributed by atoms with Gasteiger partial charge in [0.2, 0.25) is 0 Å². The van der Waals surface area contributed by atoms with E-state index in [1.54, 1.807) is 6.08 Å². The van der Waals surface area contributed by atoms with Crippen molar-refractivity contribution in [2.24, 2.45) is 5.73 Å². The molecule has 0 aliphatic heterocycles. The fraction of sp³-hybridized carbons (Fsp3) is 0.0833. The third-order valence-corrected chi connectivity index (χ3v) is 3.90. The smallest absolute Gasteiger partial charge is 0.320 e.